The summed E-state index contributed by atoms with van der Waals surface area (Å²) < 4.78 is 5.82. The van der Waals surface area contributed by atoms with Gasteiger partial charge in [0.1, 0.15) is 24.5 Å². The Balaban J connectivity index is 1.36. The molecule has 4 aromatic rings. The number of halogens is 1. The van der Waals surface area contributed by atoms with Crippen molar-refractivity contribution in [2.75, 3.05) is 24.6 Å². The van der Waals surface area contributed by atoms with Crippen molar-refractivity contribution < 1.29 is 4.74 Å². The number of rotatable bonds is 5. The van der Waals surface area contributed by atoms with Crippen molar-refractivity contribution >= 4 is 39.7 Å². The van der Waals surface area contributed by atoms with Gasteiger partial charge in [-0.15, -0.1) is 0 Å². The monoisotopic (exact) mass is 498 g/mol. The highest BCUT2D eigenvalue weighted by Gasteiger charge is 2.31. The summed E-state index contributed by atoms with van der Waals surface area (Å²) in [6.45, 7) is 3.57. The zero-order chi connectivity index (χ0) is 25.1. The molecule has 0 unspecified atom stereocenters. The molecule has 2 aromatic carbocycles. The Morgan fingerprint density at radius 3 is 2.81 bits per heavy atom. The number of likely N-dealkylation sites (tertiary alicyclic amines) is 1. The SMILES string of the molecule is CN1CCC[C@]1(C)C#Cc1cc2ncnc(Nc3ccc(OCc4ccccn4)c(Cl)c3)c2cc1N. The Labute approximate surface area is 215 Å². The molecule has 5 rings (SSSR count). The molecule has 0 bridgehead atoms. The van der Waals surface area contributed by atoms with E-state index in [0.29, 0.717) is 28.9 Å². The largest absolute Gasteiger partial charge is 0.486 e. The topological polar surface area (TPSA) is 89.2 Å². The lowest BCUT2D eigenvalue weighted by molar-refractivity contribution is 0.262. The number of pyridine rings is 1. The molecule has 8 heteroatoms. The van der Waals surface area contributed by atoms with Crippen LogP contribution in [0.2, 0.25) is 5.02 Å². The van der Waals surface area contributed by atoms with Gasteiger partial charge in [0, 0.05) is 28.5 Å². The van der Waals surface area contributed by atoms with E-state index in [0.717, 1.165) is 47.2 Å². The van der Waals surface area contributed by atoms with Gasteiger partial charge >= 0.3 is 0 Å². The third-order valence-electron chi connectivity index (χ3n) is 6.57. The highest BCUT2D eigenvalue weighted by molar-refractivity contribution is 6.32. The van der Waals surface area contributed by atoms with Gasteiger partial charge in [0.25, 0.3) is 0 Å². The molecule has 1 saturated heterocycles. The first-order valence-corrected chi connectivity index (χ1v) is 12.2. The van der Waals surface area contributed by atoms with Crippen LogP contribution in [0.25, 0.3) is 10.9 Å². The van der Waals surface area contributed by atoms with Crippen molar-refractivity contribution in [1.82, 2.24) is 19.9 Å². The number of hydrogen-bond acceptors (Lipinski definition) is 7. The van der Waals surface area contributed by atoms with Gasteiger partial charge in [-0.25, -0.2) is 9.97 Å². The van der Waals surface area contributed by atoms with E-state index < -0.39 is 0 Å². The fraction of sp³-hybridized carbons (Fsp3) is 0.250. The van der Waals surface area contributed by atoms with E-state index in [1.54, 1.807) is 12.3 Å². The Kier molecular flexibility index (Phi) is 6.64. The van der Waals surface area contributed by atoms with E-state index in [2.05, 4.69) is 51.0 Å². The lowest BCUT2D eigenvalue weighted by Gasteiger charge is -2.26. The molecule has 0 radical (unpaired) electrons. The molecule has 1 atom stereocenters. The number of benzene rings is 2. The summed E-state index contributed by atoms with van der Waals surface area (Å²) in [5, 5.41) is 4.61. The Morgan fingerprint density at radius 2 is 2.06 bits per heavy atom. The molecule has 7 nitrogen and oxygen atoms in total. The maximum Gasteiger partial charge on any atom is 0.141 e. The van der Waals surface area contributed by atoms with Crippen LogP contribution < -0.4 is 15.8 Å². The van der Waals surface area contributed by atoms with Gasteiger partial charge in [-0.2, -0.15) is 0 Å². The van der Waals surface area contributed by atoms with Gasteiger partial charge in [0.05, 0.1) is 21.8 Å². The van der Waals surface area contributed by atoms with Crippen molar-refractivity contribution in [3.05, 3.63) is 77.3 Å². The van der Waals surface area contributed by atoms with E-state index in [1.807, 2.05) is 42.5 Å². The van der Waals surface area contributed by atoms with Gasteiger partial charge in [0.2, 0.25) is 0 Å². The minimum atomic E-state index is -0.132. The molecular formula is C28H27ClN6O. The molecule has 2 aromatic heterocycles. The lowest BCUT2D eigenvalue weighted by Crippen LogP contribution is -2.36. The predicted molar refractivity (Wildman–Crippen MR) is 144 cm³/mol. The molecule has 0 spiro atoms. The van der Waals surface area contributed by atoms with Crippen LogP contribution in [0.4, 0.5) is 17.2 Å². The molecule has 1 fully saturated rings. The fourth-order valence-corrected chi connectivity index (χ4v) is 4.49. The van der Waals surface area contributed by atoms with Gasteiger partial charge in [0.15, 0.2) is 0 Å². The van der Waals surface area contributed by atoms with E-state index >= 15 is 0 Å². The van der Waals surface area contributed by atoms with Crippen LogP contribution in [-0.2, 0) is 6.61 Å². The zero-order valence-corrected chi connectivity index (χ0v) is 21.0. The summed E-state index contributed by atoms with van der Waals surface area (Å²) in [4.78, 5) is 15.4. The number of ether oxygens (including phenoxy) is 1. The first kappa shape index (κ1) is 23.9. The third-order valence-corrected chi connectivity index (χ3v) is 6.86. The Bertz CT molecular complexity index is 1470. The van der Waals surface area contributed by atoms with Gasteiger partial charge in [-0.1, -0.05) is 29.5 Å². The summed E-state index contributed by atoms with van der Waals surface area (Å²) in [7, 11) is 2.11. The highest BCUT2D eigenvalue weighted by Crippen LogP contribution is 2.32. The van der Waals surface area contributed by atoms with Crippen LogP contribution in [0.1, 0.15) is 31.0 Å². The lowest BCUT2D eigenvalue weighted by atomic mass is 9.99. The van der Waals surface area contributed by atoms with E-state index in [9.17, 15) is 0 Å². The predicted octanol–water partition coefficient (Wildman–Crippen LogP) is 5.42. The summed E-state index contributed by atoms with van der Waals surface area (Å²) in [6.07, 6.45) is 5.46. The van der Waals surface area contributed by atoms with E-state index in [1.165, 1.54) is 6.33 Å². The summed E-state index contributed by atoms with van der Waals surface area (Å²) >= 11 is 6.48. The molecule has 1 aliphatic rings. The van der Waals surface area contributed by atoms with Crippen molar-refractivity contribution in [2.24, 2.45) is 0 Å². The number of nitrogen functional groups attached to an aromatic ring is 1. The molecular weight excluding hydrogens is 472 g/mol. The van der Waals surface area contributed by atoms with Crippen molar-refractivity contribution in [1.29, 1.82) is 0 Å². The maximum absolute atomic E-state index is 6.48. The average Bonchev–Trinajstić information content (AvgIpc) is 3.21. The fourth-order valence-electron chi connectivity index (χ4n) is 4.25. The maximum atomic E-state index is 6.48. The smallest absolute Gasteiger partial charge is 0.141 e. The number of anilines is 3. The second kappa shape index (κ2) is 10.0. The number of fused-ring (bicyclic) bond motifs is 1. The van der Waals surface area contributed by atoms with Gasteiger partial charge in [-0.3, -0.25) is 9.88 Å². The average molecular weight is 499 g/mol. The van der Waals surface area contributed by atoms with Crippen LogP contribution in [0.5, 0.6) is 5.75 Å². The standard InChI is InChI=1S/C28H27ClN6O/c1-28(10-5-13-35(28)2)11-9-19-14-25-22(16-24(19)30)27(33-18-32-25)34-20-7-8-26(23(29)15-20)36-17-21-6-3-4-12-31-21/h3-4,6-8,12,14-16,18H,5,10,13,17,30H2,1-2H3,(H,32,33,34)/t28-/m1/s1. The summed E-state index contributed by atoms with van der Waals surface area (Å²) in [6, 6.07) is 15.0. The molecule has 0 aliphatic carbocycles. The Morgan fingerprint density at radius 1 is 1.17 bits per heavy atom. The molecule has 182 valence electrons. The van der Waals surface area contributed by atoms with Crippen LogP contribution in [-0.4, -0.2) is 39.0 Å². The van der Waals surface area contributed by atoms with Crippen LogP contribution >= 0.6 is 11.6 Å². The van der Waals surface area contributed by atoms with Crippen LogP contribution in [0.3, 0.4) is 0 Å². The number of nitrogens with zero attached hydrogens (tertiary/aromatic N) is 4. The summed E-state index contributed by atoms with van der Waals surface area (Å²) in [5.41, 5.74) is 9.98. The molecule has 1 aliphatic heterocycles. The molecule has 3 N–H and O–H groups in total. The number of aromatic nitrogens is 3. The number of nitrogens with one attached hydrogen (secondary N) is 1. The van der Waals surface area contributed by atoms with E-state index in [4.69, 9.17) is 22.1 Å². The summed E-state index contributed by atoms with van der Waals surface area (Å²) in [5.74, 6) is 7.92. The minimum absolute atomic E-state index is 0.132. The second-order valence-corrected chi connectivity index (χ2v) is 9.51. The third kappa shape index (κ3) is 5.06. The minimum Gasteiger partial charge on any atom is -0.486 e. The molecule has 0 amide bonds. The quantitative estimate of drug-likeness (QED) is 0.280. The van der Waals surface area contributed by atoms with Crippen LogP contribution in [0, 0.1) is 11.8 Å². The second-order valence-electron chi connectivity index (χ2n) is 9.11. The first-order chi connectivity index (χ1) is 17.4. The van der Waals surface area contributed by atoms with Crippen LogP contribution in [0.15, 0.2) is 61.1 Å². The molecule has 36 heavy (non-hydrogen) atoms. The zero-order valence-electron chi connectivity index (χ0n) is 20.3. The molecule has 0 saturated carbocycles. The van der Waals surface area contributed by atoms with Crippen molar-refractivity contribution in [3.8, 4) is 17.6 Å². The van der Waals surface area contributed by atoms with Gasteiger partial charge in [-0.05, 0) is 75.8 Å². The Hall–Kier alpha value is -3.86. The number of hydrogen-bond donors (Lipinski definition) is 2. The van der Waals surface area contributed by atoms with Crippen molar-refractivity contribution in [2.45, 2.75) is 31.9 Å². The first-order valence-electron chi connectivity index (χ1n) is 11.8. The molecule has 3 heterocycles. The van der Waals surface area contributed by atoms with E-state index in [-0.39, 0.29) is 5.54 Å². The highest BCUT2D eigenvalue weighted by atomic mass is 35.5. The van der Waals surface area contributed by atoms with Gasteiger partial charge < -0.3 is 15.8 Å². The van der Waals surface area contributed by atoms with Crippen molar-refractivity contribution in [3.63, 3.8) is 0 Å². The normalized spacial score (nSPS) is 17.5. The number of nitrogens with two attached hydrogens (primary N) is 1.